The second-order valence-electron chi connectivity index (χ2n) is 12.7. The van der Waals surface area contributed by atoms with Gasteiger partial charge in [0.1, 0.15) is 49.8 Å². The summed E-state index contributed by atoms with van der Waals surface area (Å²) in [5.74, 6) is 0.546. The maximum atomic E-state index is 13.0. The number of methoxy groups -OCH3 is 2. The van der Waals surface area contributed by atoms with Gasteiger partial charge in [-0.25, -0.2) is 4.79 Å². The molecule has 306 valence electrons. The maximum absolute atomic E-state index is 13.0. The number of carbonyl (C=O) groups is 5. The summed E-state index contributed by atoms with van der Waals surface area (Å²) in [5, 5.41) is 0. The topological polar surface area (TPSA) is 159 Å². The molecule has 0 radical (unpaired) electrons. The van der Waals surface area contributed by atoms with Crippen LogP contribution in [-0.4, -0.2) is 95.9 Å². The van der Waals surface area contributed by atoms with E-state index in [0.29, 0.717) is 12.2 Å². The Hall–Kier alpha value is -2.93. The summed E-state index contributed by atoms with van der Waals surface area (Å²) in [6, 6.07) is 15.4. The average molecular weight is 845 g/mol. The van der Waals surface area contributed by atoms with E-state index in [9.17, 15) is 24.0 Å². The van der Waals surface area contributed by atoms with Crippen LogP contribution in [0.2, 0.25) is 0 Å². The zero-order valence-electron chi connectivity index (χ0n) is 32.0. The van der Waals surface area contributed by atoms with Gasteiger partial charge in [-0.1, -0.05) is 98.6 Å². The first kappa shape index (κ1) is 48.2. The summed E-state index contributed by atoms with van der Waals surface area (Å²) in [4.78, 5) is 61.0. The highest BCUT2D eigenvalue weighted by molar-refractivity contribution is 8.76. The van der Waals surface area contributed by atoms with E-state index in [1.54, 1.807) is 46.2 Å². The number of esters is 4. The van der Waals surface area contributed by atoms with Gasteiger partial charge < -0.3 is 37.9 Å². The van der Waals surface area contributed by atoms with E-state index < -0.39 is 41.3 Å². The first-order valence-electron chi connectivity index (χ1n) is 17.4. The lowest BCUT2D eigenvalue weighted by Crippen LogP contribution is -2.39. The smallest absolute Gasteiger partial charge is 0.332 e. The molecule has 0 aliphatic carbocycles. The molecule has 0 aliphatic heterocycles. The Kier molecular flexibility index (Phi) is 24.2. The molecule has 2 aromatic carbocycles. The van der Waals surface area contributed by atoms with E-state index in [2.05, 4.69) is 11.7 Å². The van der Waals surface area contributed by atoms with Gasteiger partial charge in [0.25, 0.3) is 6.47 Å². The Morgan fingerprint density at radius 2 is 1.11 bits per heavy atom. The molecule has 0 aliphatic rings. The molecule has 55 heavy (non-hydrogen) atoms. The minimum absolute atomic E-state index is 0.00738. The standard InChI is InChI=1S/C38H52O13S4/c1-6-52-53-21-31-13-9-29(10-14-31)18-48-35(42)37(2,23-44-4)25-50-33(40)8-7-17-46-20-34(41)51-26-38(3,24-45-5)36(43)49-19-30-11-15-32(16-12-30)22-54-55-28-47-27-39/h9-16,27H,6-8,17-26,28H2,1-5H3. The van der Waals surface area contributed by atoms with Crippen LogP contribution in [0.1, 0.15) is 55.9 Å². The van der Waals surface area contributed by atoms with Gasteiger partial charge in [-0.2, -0.15) is 0 Å². The predicted octanol–water partition coefficient (Wildman–Crippen LogP) is 6.58. The second kappa shape index (κ2) is 27.6. The van der Waals surface area contributed by atoms with Gasteiger partial charge in [-0.3, -0.25) is 19.2 Å². The Bertz CT molecular complexity index is 1440. The molecule has 0 heterocycles. The maximum Gasteiger partial charge on any atom is 0.332 e. The Morgan fingerprint density at radius 1 is 0.636 bits per heavy atom. The zero-order valence-corrected chi connectivity index (χ0v) is 35.3. The number of carbonyl (C=O) groups excluding carboxylic acids is 5. The third-order valence-electron chi connectivity index (χ3n) is 7.61. The van der Waals surface area contributed by atoms with Crippen LogP contribution in [0.4, 0.5) is 0 Å². The third-order valence-corrected chi connectivity index (χ3v) is 12.0. The molecular weight excluding hydrogens is 793 g/mol. The molecule has 2 rings (SSSR count). The Morgan fingerprint density at radius 3 is 1.58 bits per heavy atom. The van der Waals surface area contributed by atoms with Gasteiger partial charge in [0.2, 0.25) is 0 Å². The lowest BCUT2D eigenvalue weighted by atomic mass is 9.93. The molecule has 2 atom stereocenters. The minimum Gasteiger partial charge on any atom is -0.464 e. The molecule has 0 bridgehead atoms. The van der Waals surface area contributed by atoms with Crippen molar-refractivity contribution in [2.45, 2.75) is 58.3 Å². The van der Waals surface area contributed by atoms with Crippen molar-refractivity contribution in [1.29, 1.82) is 0 Å². The summed E-state index contributed by atoms with van der Waals surface area (Å²) in [6.45, 7) is 4.92. The van der Waals surface area contributed by atoms with E-state index in [1.807, 2.05) is 48.5 Å². The van der Waals surface area contributed by atoms with Gasteiger partial charge >= 0.3 is 23.9 Å². The fraction of sp³-hybridized carbons (Fsp3) is 0.553. The van der Waals surface area contributed by atoms with Crippen molar-refractivity contribution >= 4 is 73.5 Å². The van der Waals surface area contributed by atoms with Gasteiger partial charge in [0.05, 0.1) is 13.2 Å². The summed E-state index contributed by atoms with van der Waals surface area (Å²) >= 11 is 0. The van der Waals surface area contributed by atoms with Crippen molar-refractivity contribution in [3.05, 3.63) is 70.8 Å². The highest BCUT2D eigenvalue weighted by Crippen LogP contribution is 2.27. The Balaban J connectivity index is 1.68. The van der Waals surface area contributed by atoms with Gasteiger partial charge in [-0.05, 0) is 42.5 Å². The van der Waals surface area contributed by atoms with E-state index in [0.717, 1.165) is 28.2 Å². The Labute approximate surface area is 339 Å². The van der Waals surface area contributed by atoms with Gasteiger partial charge in [0, 0.05) is 44.5 Å². The first-order valence-corrected chi connectivity index (χ1v) is 22.4. The lowest BCUT2D eigenvalue weighted by Gasteiger charge is -2.26. The molecule has 0 saturated carbocycles. The number of benzene rings is 2. The molecule has 17 heteroatoms. The molecule has 0 spiro atoms. The fourth-order valence-electron chi connectivity index (χ4n) is 4.53. The van der Waals surface area contributed by atoms with Gasteiger partial charge in [-0.15, -0.1) is 0 Å². The highest BCUT2D eigenvalue weighted by atomic mass is 33.1. The molecule has 2 unspecified atom stereocenters. The van der Waals surface area contributed by atoms with Crippen LogP contribution >= 0.6 is 43.2 Å². The van der Waals surface area contributed by atoms with Crippen molar-refractivity contribution in [1.82, 2.24) is 0 Å². The number of ether oxygens (including phenoxy) is 8. The van der Waals surface area contributed by atoms with Crippen molar-refractivity contribution in [3.63, 3.8) is 0 Å². The molecule has 0 amide bonds. The van der Waals surface area contributed by atoms with E-state index in [4.69, 9.17) is 33.2 Å². The van der Waals surface area contributed by atoms with Crippen LogP contribution < -0.4 is 0 Å². The first-order chi connectivity index (χ1) is 26.5. The molecule has 13 nitrogen and oxygen atoms in total. The number of rotatable bonds is 30. The zero-order chi connectivity index (χ0) is 40.4. The van der Waals surface area contributed by atoms with Crippen molar-refractivity contribution in [2.75, 3.05) is 65.6 Å². The van der Waals surface area contributed by atoms with Crippen LogP contribution in [0.15, 0.2) is 48.5 Å². The lowest BCUT2D eigenvalue weighted by molar-refractivity contribution is -0.169. The highest BCUT2D eigenvalue weighted by Gasteiger charge is 2.38. The molecule has 0 N–H and O–H groups in total. The predicted molar refractivity (Wildman–Crippen MR) is 215 cm³/mol. The van der Waals surface area contributed by atoms with Crippen LogP contribution in [0.3, 0.4) is 0 Å². The van der Waals surface area contributed by atoms with Crippen molar-refractivity contribution in [2.24, 2.45) is 10.8 Å². The molecule has 0 fully saturated rings. The van der Waals surface area contributed by atoms with E-state index >= 15 is 0 Å². The normalized spacial score (nSPS) is 13.2. The minimum atomic E-state index is -1.26. The van der Waals surface area contributed by atoms with Crippen LogP contribution in [-0.2, 0) is 86.6 Å². The van der Waals surface area contributed by atoms with Crippen LogP contribution in [0, 0.1) is 10.8 Å². The SMILES string of the molecule is CCSSCc1ccc(COC(=O)C(C)(COC)COC(=O)CCCOCC(=O)OCC(C)(COC)C(=O)OCc2ccc(CSSCOC=O)cc2)cc1. The summed E-state index contributed by atoms with van der Waals surface area (Å²) < 4.78 is 42.2. The van der Waals surface area contributed by atoms with Crippen LogP contribution in [0.5, 0.6) is 0 Å². The average Bonchev–Trinajstić information content (AvgIpc) is 3.18. The van der Waals surface area contributed by atoms with Crippen molar-refractivity contribution in [3.8, 4) is 0 Å². The largest absolute Gasteiger partial charge is 0.464 e. The number of hydrogen-bond donors (Lipinski definition) is 0. The molecular formula is C38H52O13S4. The van der Waals surface area contributed by atoms with E-state index in [1.165, 1.54) is 30.6 Å². The third kappa shape index (κ3) is 19.7. The molecule has 2 aromatic rings. The molecule has 0 aromatic heterocycles. The summed E-state index contributed by atoms with van der Waals surface area (Å²) in [7, 11) is 9.45. The summed E-state index contributed by atoms with van der Waals surface area (Å²) in [6.07, 6.45) is 0.247. The molecule has 0 saturated heterocycles. The number of hydrogen-bond acceptors (Lipinski definition) is 17. The quantitative estimate of drug-likeness (QED) is 0.0207. The summed E-state index contributed by atoms with van der Waals surface area (Å²) in [5.41, 5.74) is 1.41. The van der Waals surface area contributed by atoms with Crippen molar-refractivity contribution < 1.29 is 61.9 Å². The fourth-order valence-corrected chi connectivity index (χ4v) is 7.88. The van der Waals surface area contributed by atoms with Gasteiger partial charge in [0.15, 0.2) is 0 Å². The second-order valence-corrected chi connectivity index (χ2v) is 17.8. The van der Waals surface area contributed by atoms with E-state index in [-0.39, 0.29) is 65.0 Å². The monoisotopic (exact) mass is 844 g/mol. The van der Waals surface area contributed by atoms with Crippen LogP contribution in [0.25, 0.3) is 0 Å².